The second-order valence-corrected chi connectivity index (χ2v) is 5.95. The quantitative estimate of drug-likeness (QED) is 0.894. The number of aromatic nitrogens is 1. The molecule has 0 unspecified atom stereocenters. The van der Waals surface area contributed by atoms with Crippen LogP contribution in [0, 0.1) is 6.92 Å². The van der Waals surface area contributed by atoms with Crippen molar-refractivity contribution in [2.24, 2.45) is 0 Å². The molecule has 0 saturated carbocycles. The molecule has 0 saturated heterocycles. The molecule has 3 nitrogen and oxygen atoms in total. The standard InChI is InChI=1S/C17H19NO2/c1-11-7-6-10-18-15(11)12-8-5-9-13(16(19)20)14(12)17(2,3)4/h5-10H,1-4H3,(H,19,20). The highest BCUT2D eigenvalue weighted by molar-refractivity contribution is 5.92. The Bertz CT molecular complexity index is 654. The number of benzene rings is 1. The van der Waals surface area contributed by atoms with Gasteiger partial charge in [0, 0.05) is 11.8 Å². The number of rotatable bonds is 2. The van der Waals surface area contributed by atoms with Crippen LogP contribution in [0.1, 0.15) is 42.3 Å². The molecule has 1 N–H and O–H groups in total. The lowest BCUT2D eigenvalue weighted by Gasteiger charge is -2.25. The van der Waals surface area contributed by atoms with Crippen molar-refractivity contribution in [1.82, 2.24) is 4.98 Å². The first kappa shape index (κ1) is 14.3. The van der Waals surface area contributed by atoms with Gasteiger partial charge < -0.3 is 5.11 Å². The summed E-state index contributed by atoms with van der Waals surface area (Å²) in [7, 11) is 0. The highest BCUT2D eigenvalue weighted by Crippen LogP contribution is 2.35. The maximum absolute atomic E-state index is 11.5. The zero-order valence-electron chi connectivity index (χ0n) is 12.3. The highest BCUT2D eigenvalue weighted by atomic mass is 16.4. The van der Waals surface area contributed by atoms with E-state index in [-0.39, 0.29) is 5.41 Å². The molecule has 1 aromatic carbocycles. The summed E-state index contributed by atoms with van der Waals surface area (Å²) in [6, 6.07) is 9.26. The fourth-order valence-electron chi connectivity index (χ4n) is 2.50. The summed E-state index contributed by atoms with van der Waals surface area (Å²) >= 11 is 0. The Hall–Kier alpha value is -2.16. The predicted molar refractivity (Wildman–Crippen MR) is 80.1 cm³/mol. The molecule has 0 aliphatic rings. The number of aryl methyl sites for hydroxylation is 1. The summed E-state index contributed by atoms with van der Waals surface area (Å²) in [5.74, 6) is -0.898. The molecule has 20 heavy (non-hydrogen) atoms. The molecule has 2 rings (SSSR count). The first-order valence-corrected chi connectivity index (χ1v) is 6.61. The molecule has 2 aromatic rings. The lowest BCUT2D eigenvalue weighted by atomic mass is 9.79. The minimum absolute atomic E-state index is 0.270. The van der Waals surface area contributed by atoms with E-state index in [1.165, 1.54) is 0 Å². The van der Waals surface area contributed by atoms with E-state index in [0.29, 0.717) is 5.56 Å². The summed E-state index contributed by atoms with van der Waals surface area (Å²) < 4.78 is 0. The third-order valence-corrected chi connectivity index (χ3v) is 3.31. The minimum Gasteiger partial charge on any atom is -0.478 e. The molecule has 104 valence electrons. The molecule has 0 aliphatic carbocycles. The van der Waals surface area contributed by atoms with E-state index in [0.717, 1.165) is 22.4 Å². The number of carbonyl (C=O) groups is 1. The minimum atomic E-state index is -0.898. The Balaban J connectivity index is 2.81. The van der Waals surface area contributed by atoms with Crippen molar-refractivity contribution < 1.29 is 9.90 Å². The fraction of sp³-hybridized carbons (Fsp3) is 0.294. The Labute approximate surface area is 119 Å². The van der Waals surface area contributed by atoms with Gasteiger partial charge in [-0.15, -0.1) is 0 Å². The third kappa shape index (κ3) is 2.57. The Morgan fingerprint density at radius 2 is 1.85 bits per heavy atom. The van der Waals surface area contributed by atoms with E-state index in [2.05, 4.69) is 4.98 Å². The van der Waals surface area contributed by atoms with Crippen LogP contribution in [0.3, 0.4) is 0 Å². The Morgan fingerprint density at radius 1 is 1.15 bits per heavy atom. The molecule has 0 bridgehead atoms. The van der Waals surface area contributed by atoms with Crippen LogP contribution in [-0.2, 0) is 5.41 Å². The lowest BCUT2D eigenvalue weighted by Crippen LogP contribution is -2.18. The number of carboxylic acid groups (broad SMARTS) is 1. The average Bonchev–Trinajstić information content (AvgIpc) is 2.37. The molecule has 0 fully saturated rings. The SMILES string of the molecule is Cc1cccnc1-c1cccc(C(=O)O)c1C(C)(C)C. The maximum Gasteiger partial charge on any atom is 0.336 e. The van der Waals surface area contributed by atoms with Crippen LogP contribution in [0.4, 0.5) is 0 Å². The number of hydrogen-bond donors (Lipinski definition) is 1. The summed E-state index contributed by atoms with van der Waals surface area (Å²) in [6.45, 7) is 8.06. The number of nitrogens with zero attached hydrogens (tertiary/aromatic N) is 1. The molecule has 0 radical (unpaired) electrons. The summed E-state index contributed by atoms with van der Waals surface area (Å²) in [5.41, 5.74) is 3.69. The predicted octanol–water partition coefficient (Wildman–Crippen LogP) is 4.05. The normalized spacial score (nSPS) is 11.4. The highest BCUT2D eigenvalue weighted by Gasteiger charge is 2.26. The van der Waals surface area contributed by atoms with Crippen molar-refractivity contribution in [3.63, 3.8) is 0 Å². The van der Waals surface area contributed by atoms with Gasteiger partial charge in [0.2, 0.25) is 0 Å². The van der Waals surface area contributed by atoms with Crippen molar-refractivity contribution in [3.05, 3.63) is 53.2 Å². The Morgan fingerprint density at radius 3 is 2.40 bits per heavy atom. The summed E-state index contributed by atoms with van der Waals surface area (Å²) in [5, 5.41) is 9.45. The van der Waals surface area contributed by atoms with Crippen LogP contribution in [-0.4, -0.2) is 16.1 Å². The number of carboxylic acids is 1. The van der Waals surface area contributed by atoms with Gasteiger partial charge in [0.15, 0.2) is 0 Å². The molecule has 1 heterocycles. The van der Waals surface area contributed by atoms with Gasteiger partial charge in [-0.2, -0.15) is 0 Å². The van der Waals surface area contributed by atoms with E-state index in [1.807, 2.05) is 45.9 Å². The van der Waals surface area contributed by atoms with E-state index >= 15 is 0 Å². The van der Waals surface area contributed by atoms with Gasteiger partial charge in [-0.3, -0.25) is 4.98 Å². The molecule has 1 aromatic heterocycles. The first-order chi connectivity index (χ1) is 9.32. The molecular weight excluding hydrogens is 250 g/mol. The monoisotopic (exact) mass is 269 g/mol. The largest absolute Gasteiger partial charge is 0.478 e. The van der Waals surface area contributed by atoms with Gasteiger partial charge in [-0.1, -0.05) is 39.0 Å². The van der Waals surface area contributed by atoms with E-state index in [1.54, 1.807) is 18.3 Å². The van der Waals surface area contributed by atoms with E-state index < -0.39 is 5.97 Å². The molecular formula is C17H19NO2. The topological polar surface area (TPSA) is 50.2 Å². The van der Waals surface area contributed by atoms with E-state index in [9.17, 15) is 9.90 Å². The number of aromatic carboxylic acids is 1. The molecule has 0 amide bonds. The first-order valence-electron chi connectivity index (χ1n) is 6.61. The number of pyridine rings is 1. The van der Waals surface area contributed by atoms with Crippen molar-refractivity contribution in [2.75, 3.05) is 0 Å². The van der Waals surface area contributed by atoms with Gasteiger partial charge in [0.25, 0.3) is 0 Å². The third-order valence-electron chi connectivity index (χ3n) is 3.31. The molecule has 0 atom stereocenters. The van der Waals surface area contributed by atoms with Crippen LogP contribution < -0.4 is 0 Å². The van der Waals surface area contributed by atoms with Gasteiger partial charge >= 0.3 is 5.97 Å². The van der Waals surface area contributed by atoms with Gasteiger partial charge in [0.1, 0.15) is 0 Å². The lowest BCUT2D eigenvalue weighted by molar-refractivity contribution is 0.0694. The van der Waals surface area contributed by atoms with Crippen molar-refractivity contribution in [2.45, 2.75) is 33.1 Å². The smallest absolute Gasteiger partial charge is 0.336 e. The van der Waals surface area contributed by atoms with Crippen LogP contribution >= 0.6 is 0 Å². The van der Waals surface area contributed by atoms with E-state index in [4.69, 9.17) is 0 Å². The van der Waals surface area contributed by atoms with Crippen LogP contribution in [0.25, 0.3) is 11.3 Å². The number of hydrogen-bond acceptors (Lipinski definition) is 2. The van der Waals surface area contributed by atoms with Crippen LogP contribution in [0.2, 0.25) is 0 Å². The van der Waals surface area contributed by atoms with Crippen molar-refractivity contribution in [1.29, 1.82) is 0 Å². The zero-order chi connectivity index (χ0) is 14.9. The van der Waals surface area contributed by atoms with Gasteiger partial charge in [-0.05, 0) is 35.6 Å². The second kappa shape index (κ2) is 5.08. The van der Waals surface area contributed by atoms with Gasteiger partial charge in [0.05, 0.1) is 11.3 Å². The summed E-state index contributed by atoms with van der Waals surface area (Å²) in [6.07, 6.45) is 1.74. The van der Waals surface area contributed by atoms with Crippen LogP contribution in [0.15, 0.2) is 36.5 Å². The summed E-state index contributed by atoms with van der Waals surface area (Å²) in [4.78, 5) is 15.9. The fourth-order valence-corrected chi connectivity index (χ4v) is 2.50. The Kier molecular flexibility index (Phi) is 3.62. The average molecular weight is 269 g/mol. The van der Waals surface area contributed by atoms with Crippen LogP contribution in [0.5, 0.6) is 0 Å². The molecule has 0 aliphatic heterocycles. The zero-order valence-corrected chi connectivity index (χ0v) is 12.3. The maximum atomic E-state index is 11.5. The second-order valence-electron chi connectivity index (χ2n) is 5.95. The molecule has 0 spiro atoms. The van der Waals surface area contributed by atoms with Gasteiger partial charge in [-0.25, -0.2) is 4.79 Å². The van der Waals surface area contributed by atoms with Crippen molar-refractivity contribution in [3.8, 4) is 11.3 Å². The molecule has 3 heteroatoms. The van der Waals surface area contributed by atoms with Crippen molar-refractivity contribution >= 4 is 5.97 Å².